The minimum Gasteiger partial charge on any atom is -0.366 e. The standard InChI is InChI=1S/C16H21F3N2/c1-15(2,3)21-10-13-8-14(21)9-20(13)12-6-4-5-11(7-12)16(17,18)19/h4-7,13-14H,8-10H2,1-3H3/t13-,14-/m0/s1. The second-order valence-corrected chi connectivity index (χ2v) is 7.07. The number of anilines is 1. The van der Waals surface area contributed by atoms with Crippen molar-refractivity contribution in [3.05, 3.63) is 29.8 Å². The fourth-order valence-electron chi connectivity index (χ4n) is 3.67. The van der Waals surface area contributed by atoms with Crippen LogP contribution in [-0.4, -0.2) is 35.6 Å². The van der Waals surface area contributed by atoms with Crippen LogP contribution in [0.2, 0.25) is 0 Å². The molecule has 1 aromatic rings. The molecule has 0 amide bonds. The van der Waals surface area contributed by atoms with Gasteiger partial charge in [0.05, 0.1) is 5.56 Å². The van der Waals surface area contributed by atoms with Crippen LogP contribution in [0.25, 0.3) is 0 Å². The van der Waals surface area contributed by atoms with Crippen LogP contribution in [0.15, 0.2) is 24.3 Å². The summed E-state index contributed by atoms with van der Waals surface area (Å²) in [5, 5.41) is 0. The Balaban J connectivity index is 1.80. The van der Waals surface area contributed by atoms with Gasteiger partial charge < -0.3 is 4.90 Å². The molecule has 0 saturated carbocycles. The minimum absolute atomic E-state index is 0.124. The third kappa shape index (κ3) is 2.63. The smallest absolute Gasteiger partial charge is 0.366 e. The lowest BCUT2D eigenvalue weighted by Gasteiger charge is -2.42. The Morgan fingerprint density at radius 1 is 1.05 bits per heavy atom. The molecule has 2 atom stereocenters. The van der Waals surface area contributed by atoms with Gasteiger partial charge in [0.25, 0.3) is 0 Å². The van der Waals surface area contributed by atoms with Crippen LogP contribution in [0.3, 0.4) is 0 Å². The number of nitrogens with zero attached hydrogens (tertiary/aromatic N) is 2. The molecular formula is C16H21F3N2. The molecule has 0 aromatic heterocycles. The van der Waals surface area contributed by atoms with Crippen molar-refractivity contribution in [2.75, 3.05) is 18.0 Å². The normalized spacial score (nSPS) is 26.7. The summed E-state index contributed by atoms with van der Waals surface area (Å²) < 4.78 is 38.5. The summed E-state index contributed by atoms with van der Waals surface area (Å²) in [5.74, 6) is 0. The number of rotatable bonds is 1. The molecule has 2 aliphatic heterocycles. The van der Waals surface area contributed by atoms with E-state index in [1.807, 2.05) is 0 Å². The van der Waals surface area contributed by atoms with Gasteiger partial charge in [0.15, 0.2) is 0 Å². The number of hydrogen-bond acceptors (Lipinski definition) is 2. The Labute approximate surface area is 123 Å². The van der Waals surface area contributed by atoms with E-state index in [1.165, 1.54) is 12.1 Å². The van der Waals surface area contributed by atoms with E-state index < -0.39 is 11.7 Å². The predicted molar refractivity (Wildman–Crippen MR) is 77.4 cm³/mol. The second-order valence-electron chi connectivity index (χ2n) is 7.07. The molecule has 5 heteroatoms. The Morgan fingerprint density at radius 2 is 1.76 bits per heavy atom. The maximum absolute atomic E-state index is 12.8. The zero-order valence-corrected chi connectivity index (χ0v) is 12.6. The monoisotopic (exact) mass is 298 g/mol. The van der Waals surface area contributed by atoms with Crippen molar-refractivity contribution in [1.82, 2.24) is 4.90 Å². The summed E-state index contributed by atoms with van der Waals surface area (Å²) in [7, 11) is 0. The molecule has 2 aliphatic rings. The highest BCUT2D eigenvalue weighted by molar-refractivity contribution is 5.52. The van der Waals surface area contributed by atoms with Gasteiger partial charge >= 0.3 is 6.18 Å². The fraction of sp³-hybridized carbons (Fsp3) is 0.625. The molecule has 0 unspecified atom stereocenters. The van der Waals surface area contributed by atoms with Crippen molar-refractivity contribution in [3.8, 4) is 0 Å². The van der Waals surface area contributed by atoms with Crippen molar-refractivity contribution < 1.29 is 13.2 Å². The maximum Gasteiger partial charge on any atom is 0.416 e. The molecule has 2 bridgehead atoms. The van der Waals surface area contributed by atoms with Gasteiger partial charge in [-0.3, -0.25) is 4.90 Å². The van der Waals surface area contributed by atoms with Crippen LogP contribution < -0.4 is 4.90 Å². The van der Waals surface area contributed by atoms with Gasteiger partial charge in [-0.25, -0.2) is 0 Å². The molecule has 0 N–H and O–H groups in total. The van der Waals surface area contributed by atoms with Gasteiger partial charge in [-0.1, -0.05) is 6.07 Å². The fourth-order valence-corrected chi connectivity index (χ4v) is 3.67. The summed E-state index contributed by atoms with van der Waals surface area (Å²) >= 11 is 0. The van der Waals surface area contributed by atoms with E-state index in [4.69, 9.17) is 0 Å². The van der Waals surface area contributed by atoms with Crippen LogP contribution in [-0.2, 0) is 6.18 Å². The van der Waals surface area contributed by atoms with Crippen molar-refractivity contribution in [1.29, 1.82) is 0 Å². The Kier molecular flexibility index (Phi) is 3.24. The second kappa shape index (κ2) is 4.63. The average Bonchev–Trinajstić information content (AvgIpc) is 2.96. The van der Waals surface area contributed by atoms with E-state index in [-0.39, 0.29) is 5.54 Å². The Morgan fingerprint density at radius 3 is 2.29 bits per heavy atom. The van der Waals surface area contributed by atoms with Gasteiger partial charge in [0.1, 0.15) is 0 Å². The lowest BCUT2D eigenvalue weighted by atomic mass is 10.0. The highest BCUT2D eigenvalue weighted by Gasteiger charge is 2.47. The van der Waals surface area contributed by atoms with E-state index >= 15 is 0 Å². The molecule has 1 aromatic carbocycles. The topological polar surface area (TPSA) is 6.48 Å². The Hall–Kier alpha value is -1.23. The molecule has 0 spiro atoms. The minimum atomic E-state index is -4.27. The van der Waals surface area contributed by atoms with Crippen molar-refractivity contribution in [3.63, 3.8) is 0 Å². The number of piperazine rings is 1. The number of fused-ring (bicyclic) bond motifs is 2. The molecular weight excluding hydrogens is 277 g/mol. The van der Waals surface area contributed by atoms with Crippen LogP contribution in [0.4, 0.5) is 18.9 Å². The molecule has 116 valence electrons. The summed E-state index contributed by atoms with van der Waals surface area (Å²) in [6.07, 6.45) is -3.22. The first-order chi connectivity index (χ1) is 9.66. The van der Waals surface area contributed by atoms with E-state index in [1.54, 1.807) is 6.07 Å². The predicted octanol–water partition coefficient (Wildman–Crippen LogP) is 3.77. The lowest BCUT2D eigenvalue weighted by molar-refractivity contribution is -0.137. The zero-order chi connectivity index (χ0) is 15.4. The van der Waals surface area contributed by atoms with Gasteiger partial charge in [0, 0.05) is 36.4 Å². The largest absolute Gasteiger partial charge is 0.416 e. The number of halogens is 3. The van der Waals surface area contributed by atoms with Crippen LogP contribution in [0.5, 0.6) is 0 Å². The summed E-state index contributed by atoms with van der Waals surface area (Å²) in [6, 6.07) is 6.49. The van der Waals surface area contributed by atoms with E-state index in [9.17, 15) is 13.2 Å². The summed E-state index contributed by atoms with van der Waals surface area (Å²) in [5.41, 5.74) is 0.264. The first-order valence-corrected chi connectivity index (χ1v) is 7.37. The summed E-state index contributed by atoms with van der Waals surface area (Å²) in [4.78, 5) is 4.62. The number of benzene rings is 1. The zero-order valence-electron chi connectivity index (χ0n) is 12.6. The Bertz CT molecular complexity index is 533. The van der Waals surface area contributed by atoms with E-state index in [0.717, 1.165) is 25.6 Å². The molecule has 0 aliphatic carbocycles. The third-order valence-corrected chi connectivity index (χ3v) is 4.61. The van der Waals surface area contributed by atoms with Crippen LogP contribution in [0.1, 0.15) is 32.8 Å². The lowest BCUT2D eigenvalue weighted by Crippen LogP contribution is -2.53. The van der Waals surface area contributed by atoms with Gasteiger partial charge in [-0.2, -0.15) is 13.2 Å². The van der Waals surface area contributed by atoms with E-state index in [0.29, 0.717) is 17.8 Å². The van der Waals surface area contributed by atoms with Crippen LogP contribution >= 0.6 is 0 Å². The molecule has 2 saturated heterocycles. The quantitative estimate of drug-likeness (QED) is 0.779. The number of alkyl halides is 3. The first-order valence-electron chi connectivity index (χ1n) is 7.37. The maximum atomic E-state index is 12.8. The van der Waals surface area contributed by atoms with Gasteiger partial charge in [-0.05, 0) is 45.4 Å². The molecule has 3 rings (SSSR count). The molecule has 0 radical (unpaired) electrons. The SMILES string of the molecule is CC(C)(C)N1C[C@@H]2C[C@H]1CN2c1cccc(C(F)(F)F)c1. The third-order valence-electron chi connectivity index (χ3n) is 4.61. The molecule has 2 nitrogen and oxygen atoms in total. The van der Waals surface area contributed by atoms with Crippen molar-refractivity contribution in [2.45, 2.75) is 51.0 Å². The molecule has 2 heterocycles. The highest BCUT2D eigenvalue weighted by atomic mass is 19.4. The summed E-state index contributed by atoms with van der Waals surface area (Å²) in [6.45, 7) is 8.35. The van der Waals surface area contributed by atoms with Crippen molar-refractivity contribution >= 4 is 5.69 Å². The highest BCUT2D eigenvalue weighted by Crippen LogP contribution is 2.39. The van der Waals surface area contributed by atoms with Gasteiger partial charge in [0.2, 0.25) is 0 Å². The van der Waals surface area contributed by atoms with Crippen LogP contribution in [0, 0.1) is 0 Å². The van der Waals surface area contributed by atoms with E-state index in [2.05, 4.69) is 30.6 Å². The number of likely N-dealkylation sites (tertiary alicyclic amines) is 1. The van der Waals surface area contributed by atoms with Crippen molar-refractivity contribution in [2.24, 2.45) is 0 Å². The number of hydrogen-bond donors (Lipinski definition) is 0. The van der Waals surface area contributed by atoms with Gasteiger partial charge in [-0.15, -0.1) is 0 Å². The first kappa shape index (κ1) is 14.7. The molecule has 2 fully saturated rings. The average molecular weight is 298 g/mol. The molecule has 21 heavy (non-hydrogen) atoms.